The molecule has 0 saturated heterocycles. The third-order valence-corrected chi connectivity index (χ3v) is 4.01. The summed E-state index contributed by atoms with van der Waals surface area (Å²) in [6.45, 7) is 7.09. The van der Waals surface area contributed by atoms with E-state index in [1.54, 1.807) is 32.6 Å². The first kappa shape index (κ1) is 17.8. The molecular weight excluding hydrogens is 288 g/mol. The first-order valence-electron chi connectivity index (χ1n) is 7.31. The molecule has 0 radical (unpaired) electrons. The molecule has 0 aliphatic heterocycles. The molecule has 21 heavy (non-hydrogen) atoms. The molecule has 118 valence electrons. The van der Waals surface area contributed by atoms with Crippen LogP contribution in [0.15, 0.2) is 0 Å². The summed E-state index contributed by atoms with van der Waals surface area (Å²) in [4.78, 5) is 26.1. The van der Waals surface area contributed by atoms with Crippen LogP contribution in [-0.4, -0.2) is 40.2 Å². The summed E-state index contributed by atoms with van der Waals surface area (Å²) >= 11 is 0.929. The van der Waals surface area contributed by atoms with E-state index in [0.717, 1.165) is 37.4 Å². The van der Waals surface area contributed by atoms with Crippen LogP contribution in [0, 0.1) is 10.7 Å². The number of thioether (sulfide) groups is 1. The van der Waals surface area contributed by atoms with E-state index in [0.29, 0.717) is 0 Å². The van der Waals surface area contributed by atoms with Gasteiger partial charge in [0.25, 0.3) is 0 Å². The van der Waals surface area contributed by atoms with Gasteiger partial charge in [0.1, 0.15) is 17.5 Å². The van der Waals surface area contributed by atoms with Crippen LogP contribution in [0.3, 0.4) is 0 Å². The van der Waals surface area contributed by atoms with E-state index in [1.165, 1.54) is 0 Å². The Balaban J connectivity index is 2.75. The lowest BCUT2D eigenvalue weighted by molar-refractivity contribution is -0.159. The van der Waals surface area contributed by atoms with Gasteiger partial charge >= 0.3 is 5.97 Å². The summed E-state index contributed by atoms with van der Waals surface area (Å²) in [6, 6.07) is 0.0896. The number of esters is 1. The summed E-state index contributed by atoms with van der Waals surface area (Å²) in [7, 11) is 0. The summed E-state index contributed by atoms with van der Waals surface area (Å²) in [5.74, 6) is -0.545. The Hall–Kier alpha value is -1.22. The zero-order valence-electron chi connectivity index (χ0n) is 13.2. The topological polar surface area (TPSA) is 70.4 Å². The van der Waals surface area contributed by atoms with Crippen LogP contribution < -0.4 is 0 Å². The fourth-order valence-electron chi connectivity index (χ4n) is 2.48. The zero-order valence-corrected chi connectivity index (χ0v) is 14.0. The van der Waals surface area contributed by atoms with Crippen molar-refractivity contribution in [1.82, 2.24) is 4.90 Å². The van der Waals surface area contributed by atoms with Crippen molar-refractivity contribution in [3.8, 4) is 5.40 Å². The summed E-state index contributed by atoms with van der Waals surface area (Å²) in [5, 5.41) is 10.2. The number of carbonyl (C=O) groups is 2. The van der Waals surface area contributed by atoms with Gasteiger partial charge in [-0.1, -0.05) is 12.8 Å². The van der Waals surface area contributed by atoms with Gasteiger partial charge in [-0.2, -0.15) is 5.26 Å². The van der Waals surface area contributed by atoms with Crippen LogP contribution in [0.4, 0.5) is 0 Å². The van der Waals surface area contributed by atoms with E-state index >= 15 is 0 Å². The smallest absolute Gasteiger partial charge is 0.326 e. The number of carbonyl (C=O) groups excluding carboxylic acids is 2. The highest BCUT2D eigenvalue weighted by Gasteiger charge is 2.32. The molecule has 0 N–H and O–H groups in total. The third kappa shape index (κ3) is 5.96. The zero-order chi connectivity index (χ0) is 16.0. The average Bonchev–Trinajstić information content (AvgIpc) is 2.86. The second kappa shape index (κ2) is 7.69. The monoisotopic (exact) mass is 312 g/mol. The molecule has 0 aromatic carbocycles. The van der Waals surface area contributed by atoms with E-state index < -0.39 is 16.8 Å². The maximum absolute atomic E-state index is 12.5. The van der Waals surface area contributed by atoms with Gasteiger partial charge in [0.05, 0.1) is 5.25 Å². The lowest BCUT2D eigenvalue weighted by Crippen LogP contribution is -2.46. The summed E-state index contributed by atoms with van der Waals surface area (Å²) < 4.78 is 5.31. The normalized spacial score (nSPS) is 17.1. The van der Waals surface area contributed by atoms with Crippen molar-refractivity contribution in [2.45, 2.75) is 70.3 Å². The van der Waals surface area contributed by atoms with Crippen molar-refractivity contribution in [1.29, 1.82) is 5.26 Å². The van der Waals surface area contributed by atoms with Gasteiger partial charge < -0.3 is 9.64 Å². The molecule has 1 amide bonds. The number of rotatable bonds is 5. The SMILES string of the molecule is CC(SC#N)C(=O)N(CC(=O)OC(C)(C)C)C1CCCC1. The molecule has 1 unspecified atom stereocenters. The van der Waals surface area contributed by atoms with E-state index in [9.17, 15) is 9.59 Å². The van der Waals surface area contributed by atoms with Crippen molar-refractivity contribution in [3.05, 3.63) is 0 Å². The van der Waals surface area contributed by atoms with Crippen LogP contribution >= 0.6 is 11.8 Å². The van der Waals surface area contributed by atoms with Gasteiger partial charge in [-0.3, -0.25) is 9.59 Å². The van der Waals surface area contributed by atoms with Crippen molar-refractivity contribution < 1.29 is 14.3 Å². The van der Waals surface area contributed by atoms with Crippen LogP contribution in [-0.2, 0) is 14.3 Å². The minimum Gasteiger partial charge on any atom is -0.459 e. The van der Waals surface area contributed by atoms with E-state index in [1.807, 2.05) is 5.40 Å². The maximum atomic E-state index is 12.5. The van der Waals surface area contributed by atoms with Gasteiger partial charge in [0.15, 0.2) is 0 Å². The van der Waals surface area contributed by atoms with Crippen molar-refractivity contribution in [3.63, 3.8) is 0 Å². The predicted molar refractivity (Wildman–Crippen MR) is 82.5 cm³/mol. The van der Waals surface area contributed by atoms with Gasteiger partial charge in [-0.25, -0.2) is 0 Å². The van der Waals surface area contributed by atoms with E-state index in [2.05, 4.69) is 0 Å². The predicted octanol–water partition coefficient (Wildman–Crippen LogP) is 2.70. The Labute approximate surface area is 131 Å². The second-order valence-corrected chi connectivity index (χ2v) is 7.47. The Morgan fingerprint density at radius 1 is 1.38 bits per heavy atom. The lowest BCUT2D eigenvalue weighted by Gasteiger charge is -2.31. The number of thiocyanates is 1. The van der Waals surface area contributed by atoms with Crippen LogP contribution in [0.1, 0.15) is 53.4 Å². The number of ether oxygens (including phenoxy) is 1. The highest BCUT2D eigenvalue weighted by Crippen LogP contribution is 2.26. The third-order valence-electron chi connectivity index (χ3n) is 3.35. The number of hydrogen-bond acceptors (Lipinski definition) is 5. The second-order valence-electron chi connectivity index (χ2n) is 6.34. The summed E-state index contributed by atoms with van der Waals surface area (Å²) in [6.07, 6.45) is 3.97. The number of hydrogen-bond donors (Lipinski definition) is 0. The van der Waals surface area contributed by atoms with Crippen molar-refractivity contribution in [2.75, 3.05) is 6.54 Å². The molecule has 1 fully saturated rings. The molecule has 1 saturated carbocycles. The molecule has 1 aliphatic rings. The van der Waals surface area contributed by atoms with Crippen LogP contribution in [0.25, 0.3) is 0 Å². The Kier molecular flexibility index (Phi) is 6.53. The number of amides is 1. The quantitative estimate of drug-likeness (QED) is 0.576. The van der Waals surface area contributed by atoms with Gasteiger partial charge in [-0.15, -0.1) is 0 Å². The van der Waals surface area contributed by atoms with Crippen molar-refractivity contribution in [2.24, 2.45) is 0 Å². The first-order chi connectivity index (χ1) is 9.74. The highest BCUT2D eigenvalue weighted by atomic mass is 32.2. The summed E-state index contributed by atoms with van der Waals surface area (Å²) in [5.41, 5.74) is -0.561. The fourth-order valence-corrected chi connectivity index (χ4v) is 2.87. The number of nitriles is 1. The largest absolute Gasteiger partial charge is 0.459 e. The van der Waals surface area contributed by atoms with Crippen LogP contribution in [0.2, 0.25) is 0 Å². The fraction of sp³-hybridized carbons (Fsp3) is 0.800. The standard InChI is InChI=1S/C15H24N2O3S/c1-11(21-10-16)14(19)17(12-7-5-6-8-12)9-13(18)20-15(2,3)4/h11-12H,5-9H2,1-4H3. The Morgan fingerprint density at radius 2 is 1.95 bits per heavy atom. The average molecular weight is 312 g/mol. The van der Waals surface area contributed by atoms with Crippen molar-refractivity contribution >= 4 is 23.6 Å². The Bertz CT molecular complexity index is 420. The molecule has 0 aromatic heterocycles. The molecule has 0 aromatic rings. The molecule has 0 spiro atoms. The minimum atomic E-state index is -0.561. The van der Waals surface area contributed by atoms with Gasteiger partial charge in [0, 0.05) is 6.04 Å². The molecule has 6 heteroatoms. The molecular formula is C15H24N2O3S. The van der Waals surface area contributed by atoms with E-state index in [4.69, 9.17) is 10.00 Å². The minimum absolute atomic E-state index is 0.0307. The highest BCUT2D eigenvalue weighted by molar-refractivity contribution is 8.04. The molecule has 1 atom stereocenters. The maximum Gasteiger partial charge on any atom is 0.326 e. The Morgan fingerprint density at radius 3 is 2.43 bits per heavy atom. The molecule has 1 aliphatic carbocycles. The van der Waals surface area contributed by atoms with Gasteiger partial charge in [0.2, 0.25) is 5.91 Å². The molecule has 0 bridgehead atoms. The van der Waals surface area contributed by atoms with E-state index in [-0.39, 0.29) is 18.5 Å². The molecule has 1 rings (SSSR count). The molecule has 5 nitrogen and oxygen atoms in total. The van der Waals surface area contributed by atoms with Crippen LogP contribution in [0.5, 0.6) is 0 Å². The number of nitrogens with zero attached hydrogens (tertiary/aromatic N) is 2. The van der Waals surface area contributed by atoms with Gasteiger partial charge in [-0.05, 0) is 52.3 Å². The lowest BCUT2D eigenvalue weighted by atomic mass is 10.2. The first-order valence-corrected chi connectivity index (χ1v) is 8.19. The molecule has 0 heterocycles.